The summed E-state index contributed by atoms with van der Waals surface area (Å²) in [6, 6.07) is 1.52. The van der Waals surface area contributed by atoms with E-state index < -0.39 is 0 Å². The second kappa shape index (κ2) is 5.71. The summed E-state index contributed by atoms with van der Waals surface area (Å²) in [4.78, 5) is 2.53. The SMILES string of the molecule is CC(C)CC(C)N(C)C1CCCC(C)(C)C1N. The Morgan fingerprint density at radius 1 is 1.29 bits per heavy atom. The van der Waals surface area contributed by atoms with Gasteiger partial charge in [0.15, 0.2) is 0 Å². The van der Waals surface area contributed by atoms with E-state index in [2.05, 4.69) is 46.6 Å². The van der Waals surface area contributed by atoms with E-state index in [4.69, 9.17) is 5.73 Å². The fraction of sp³-hybridized carbons (Fsp3) is 1.00. The van der Waals surface area contributed by atoms with Gasteiger partial charge >= 0.3 is 0 Å². The van der Waals surface area contributed by atoms with Gasteiger partial charge in [0.25, 0.3) is 0 Å². The summed E-state index contributed by atoms with van der Waals surface area (Å²) in [5.41, 5.74) is 6.78. The van der Waals surface area contributed by atoms with Crippen molar-refractivity contribution in [2.75, 3.05) is 7.05 Å². The Morgan fingerprint density at radius 2 is 1.88 bits per heavy atom. The van der Waals surface area contributed by atoms with E-state index in [1.165, 1.54) is 25.7 Å². The monoisotopic (exact) mass is 240 g/mol. The van der Waals surface area contributed by atoms with Crippen LogP contribution >= 0.6 is 0 Å². The molecule has 0 bridgehead atoms. The Balaban J connectivity index is 2.64. The zero-order chi connectivity index (χ0) is 13.2. The zero-order valence-corrected chi connectivity index (χ0v) is 12.7. The normalized spacial score (nSPS) is 30.9. The molecule has 3 atom stereocenters. The average molecular weight is 240 g/mol. The fourth-order valence-electron chi connectivity index (χ4n) is 3.27. The van der Waals surface area contributed by atoms with Crippen molar-refractivity contribution in [1.29, 1.82) is 0 Å². The van der Waals surface area contributed by atoms with Crippen LogP contribution in [-0.2, 0) is 0 Å². The highest BCUT2D eigenvalue weighted by molar-refractivity contribution is 4.96. The van der Waals surface area contributed by atoms with Gasteiger partial charge in [-0.25, -0.2) is 0 Å². The van der Waals surface area contributed by atoms with E-state index in [-0.39, 0.29) is 0 Å². The molecule has 0 aromatic heterocycles. The minimum Gasteiger partial charge on any atom is -0.326 e. The van der Waals surface area contributed by atoms with Gasteiger partial charge in [-0.3, -0.25) is 4.90 Å². The molecule has 0 heterocycles. The first-order valence-corrected chi connectivity index (χ1v) is 7.23. The van der Waals surface area contributed by atoms with Crippen molar-refractivity contribution in [1.82, 2.24) is 4.90 Å². The maximum atomic E-state index is 6.48. The molecule has 0 aliphatic heterocycles. The van der Waals surface area contributed by atoms with E-state index in [9.17, 15) is 0 Å². The molecule has 1 rings (SSSR count). The number of nitrogens with zero attached hydrogens (tertiary/aromatic N) is 1. The first-order valence-electron chi connectivity index (χ1n) is 7.23. The Morgan fingerprint density at radius 3 is 2.41 bits per heavy atom. The van der Waals surface area contributed by atoms with Crippen molar-refractivity contribution in [2.24, 2.45) is 17.1 Å². The lowest BCUT2D eigenvalue weighted by Crippen LogP contribution is -2.57. The Bertz CT molecular complexity index is 235. The molecule has 0 saturated heterocycles. The van der Waals surface area contributed by atoms with Crippen molar-refractivity contribution in [3.05, 3.63) is 0 Å². The molecule has 17 heavy (non-hydrogen) atoms. The van der Waals surface area contributed by atoms with Gasteiger partial charge in [-0.1, -0.05) is 34.1 Å². The molecule has 1 fully saturated rings. The van der Waals surface area contributed by atoms with Crippen LogP contribution in [0, 0.1) is 11.3 Å². The summed E-state index contributed by atoms with van der Waals surface area (Å²) < 4.78 is 0. The van der Waals surface area contributed by atoms with Crippen LogP contribution in [0.1, 0.15) is 60.3 Å². The van der Waals surface area contributed by atoms with E-state index in [1.54, 1.807) is 0 Å². The summed E-state index contributed by atoms with van der Waals surface area (Å²) in [5, 5.41) is 0. The van der Waals surface area contributed by atoms with Crippen molar-refractivity contribution >= 4 is 0 Å². The van der Waals surface area contributed by atoms with E-state index in [1.807, 2.05) is 0 Å². The van der Waals surface area contributed by atoms with Crippen LogP contribution in [0.25, 0.3) is 0 Å². The third kappa shape index (κ3) is 3.69. The number of rotatable bonds is 4. The molecule has 2 N–H and O–H groups in total. The van der Waals surface area contributed by atoms with Gasteiger partial charge in [-0.2, -0.15) is 0 Å². The molecule has 0 amide bonds. The zero-order valence-electron chi connectivity index (χ0n) is 12.7. The molecule has 2 nitrogen and oxygen atoms in total. The van der Waals surface area contributed by atoms with Crippen LogP contribution in [0.4, 0.5) is 0 Å². The summed E-state index contributed by atoms with van der Waals surface area (Å²) in [6.07, 6.45) is 5.13. The standard InChI is InChI=1S/C15H32N2/c1-11(2)10-12(3)17(6)13-8-7-9-15(4,5)14(13)16/h11-14H,7-10,16H2,1-6H3. The minimum atomic E-state index is 0.300. The molecule has 0 aromatic rings. The molecular formula is C15H32N2. The lowest BCUT2D eigenvalue weighted by molar-refractivity contribution is 0.0569. The van der Waals surface area contributed by atoms with Crippen molar-refractivity contribution in [3.8, 4) is 0 Å². The summed E-state index contributed by atoms with van der Waals surface area (Å²) in [5.74, 6) is 0.764. The third-order valence-electron chi connectivity index (χ3n) is 4.67. The molecule has 3 unspecified atom stereocenters. The number of hydrogen-bond acceptors (Lipinski definition) is 2. The van der Waals surface area contributed by atoms with Gasteiger partial charge in [0.2, 0.25) is 0 Å². The molecule has 102 valence electrons. The highest BCUT2D eigenvalue weighted by Crippen LogP contribution is 2.37. The maximum Gasteiger partial charge on any atom is 0.0252 e. The van der Waals surface area contributed by atoms with Crippen LogP contribution in [0.5, 0.6) is 0 Å². The molecule has 0 radical (unpaired) electrons. The largest absolute Gasteiger partial charge is 0.326 e. The summed E-state index contributed by atoms with van der Waals surface area (Å²) in [6.45, 7) is 11.6. The molecule has 0 spiro atoms. The maximum absolute atomic E-state index is 6.48. The van der Waals surface area contributed by atoms with Crippen molar-refractivity contribution in [3.63, 3.8) is 0 Å². The Hall–Kier alpha value is -0.0800. The second-order valence-electron chi connectivity index (χ2n) is 7.12. The van der Waals surface area contributed by atoms with Crippen LogP contribution < -0.4 is 5.73 Å². The molecule has 2 heteroatoms. The smallest absolute Gasteiger partial charge is 0.0252 e. The van der Waals surface area contributed by atoms with Gasteiger partial charge in [0, 0.05) is 18.1 Å². The van der Waals surface area contributed by atoms with E-state index in [0.29, 0.717) is 23.5 Å². The van der Waals surface area contributed by atoms with E-state index in [0.717, 1.165) is 5.92 Å². The second-order valence-corrected chi connectivity index (χ2v) is 7.12. The van der Waals surface area contributed by atoms with Crippen LogP contribution in [-0.4, -0.2) is 30.1 Å². The third-order valence-corrected chi connectivity index (χ3v) is 4.67. The Labute approximate surface area is 108 Å². The van der Waals surface area contributed by atoms with Crippen LogP contribution in [0.15, 0.2) is 0 Å². The fourth-order valence-corrected chi connectivity index (χ4v) is 3.27. The predicted molar refractivity (Wildman–Crippen MR) is 76.1 cm³/mol. The van der Waals surface area contributed by atoms with Crippen LogP contribution in [0.2, 0.25) is 0 Å². The van der Waals surface area contributed by atoms with Gasteiger partial charge in [-0.05, 0) is 44.6 Å². The average Bonchev–Trinajstić information content (AvgIpc) is 2.20. The summed E-state index contributed by atoms with van der Waals surface area (Å²) in [7, 11) is 2.26. The van der Waals surface area contributed by atoms with Crippen molar-refractivity contribution in [2.45, 2.75) is 78.4 Å². The first kappa shape index (κ1) is 15.0. The van der Waals surface area contributed by atoms with Gasteiger partial charge in [0.1, 0.15) is 0 Å². The molecule has 1 aliphatic carbocycles. The lowest BCUT2D eigenvalue weighted by atomic mass is 9.70. The van der Waals surface area contributed by atoms with Crippen LogP contribution in [0.3, 0.4) is 0 Å². The molecule has 1 aliphatic rings. The molecule has 0 aromatic carbocycles. The number of nitrogens with two attached hydrogens (primary N) is 1. The molecular weight excluding hydrogens is 208 g/mol. The quantitative estimate of drug-likeness (QED) is 0.817. The van der Waals surface area contributed by atoms with Gasteiger partial charge < -0.3 is 5.73 Å². The summed E-state index contributed by atoms with van der Waals surface area (Å²) >= 11 is 0. The molecule has 1 saturated carbocycles. The van der Waals surface area contributed by atoms with E-state index >= 15 is 0 Å². The number of hydrogen-bond donors (Lipinski definition) is 1. The highest BCUT2D eigenvalue weighted by atomic mass is 15.2. The van der Waals surface area contributed by atoms with Gasteiger partial charge in [0.05, 0.1) is 0 Å². The highest BCUT2D eigenvalue weighted by Gasteiger charge is 2.39. The first-order chi connectivity index (χ1) is 7.75. The van der Waals surface area contributed by atoms with Gasteiger partial charge in [-0.15, -0.1) is 0 Å². The topological polar surface area (TPSA) is 29.3 Å². The Kier molecular flexibility index (Phi) is 5.03. The number of likely N-dealkylation sites (N-methyl/N-ethyl adjacent to an activating group) is 1. The lowest BCUT2D eigenvalue weighted by Gasteiger charge is -2.47. The van der Waals surface area contributed by atoms with Crippen molar-refractivity contribution < 1.29 is 0 Å². The predicted octanol–water partition coefficient (Wildman–Crippen LogP) is 3.26. The minimum absolute atomic E-state index is 0.300.